The number of piperidine rings is 2. The van der Waals surface area contributed by atoms with Crippen LogP contribution in [0.2, 0.25) is 0 Å². The second-order valence-electron chi connectivity index (χ2n) is 5.55. The van der Waals surface area contributed by atoms with E-state index in [1.807, 2.05) is 0 Å². The average Bonchev–Trinajstić information content (AvgIpc) is 2.30. The SMILES string of the molecule is CC(=O)NC1CCN(C2CCC(C)NC2)CC1. The van der Waals surface area contributed by atoms with Crippen molar-refractivity contribution in [2.24, 2.45) is 0 Å². The Morgan fingerprint density at radius 2 is 1.94 bits per heavy atom. The Morgan fingerprint density at radius 1 is 1.24 bits per heavy atom. The van der Waals surface area contributed by atoms with Crippen LogP contribution in [0, 0.1) is 0 Å². The van der Waals surface area contributed by atoms with Crippen molar-refractivity contribution in [3.8, 4) is 0 Å². The highest BCUT2D eigenvalue weighted by Gasteiger charge is 2.27. The molecule has 0 radical (unpaired) electrons. The lowest BCUT2D eigenvalue weighted by Crippen LogP contribution is -2.53. The van der Waals surface area contributed by atoms with E-state index in [4.69, 9.17) is 0 Å². The van der Waals surface area contributed by atoms with Gasteiger partial charge in [-0.15, -0.1) is 0 Å². The molecule has 2 saturated heterocycles. The molecule has 98 valence electrons. The molecule has 17 heavy (non-hydrogen) atoms. The standard InChI is InChI=1S/C13H25N3O/c1-10-3-4-13(9-14-10)16-7-5-12(6-8-16)15-11(2)17/h10,12-14H,3-9H2,1-2H3,(H,15,17). The van der Waals surface area contributed by atoms with E-state index >= 15 is 0 Å². The van der Waals surface area contributed by atoms with Crippen molar-refractivity contribution in [1.29, 1.82) is 0 Å². The maximum Gasteiger partial charge on any atom is 0.217 e. The molecular weight excluding hydrogens is 214 g/mol. The Bertz CT molecular complexity index is 253. The number of hydrogen-bond donors (Lipinski definition) is 2. The molecule has 2 fully saturated rings. The van der Waals surface area contributed by atoms with Crippen LogP contribution in [-0.4, -0.2) is 48.6 Å². The maximum atomic E-state index is 11.0. The van der Waals surface area contributed by atoms with Crippen molar-refractivity contribution in [3.63, 3.8) is 0 Å². The Labute approximate surface area is 104 Å². The number of hydrogen-bond acceptors (Lipinski definition) is 3. The average molecular weight is 239 g/mol. The Balaban J connectivity index is 1.73. The summed E-state index contributed by atoms with van der Waals surface area (Å²) in [6, 6.07) is 1.80. The molecule has 1 amide bonds. The van der Waals surface area contributed by atoms with Gasteiger partial charge in [-0.25, -0.2) is 0 Å². The van der Waals surface area contributed by atoms with E-state index < -0.39 is 0 Å². The maximum absolute atomic E-state index is 11.0. The summed E-state index contributed by atoms with van der Waals surface area (Å²) in [5, 5.41) is 6.59. The molecule has 0 aromatic rings. The van der Waals surface area contributed by atoms with Crippen LogP contribution in [0.1, 0.15) is 39.5 Å². The summed E-state index contributed by atoms with van der Waals surface area (Å²) in [5.74, 6) is 0.108. The van der Waals surface area contributed by atoms with E-state index in [2.05, 4.69) is 22.5 Å². The van der Waals surface area contributed by atoms with E-state index in [1.54, 1.807) is 6.92 Å². The lowest BCUT2D eigenvalue weighted by molar-refractivity contribution is -0.120. The zero-order chi connectivity index (χ0) is 12.3. The predicted molar refractivity (Wildman–Crippen MR) is 68.9 cm³/mol. The highest BCUT2D eigenvalue weighted by atomic mass is 16.1. The fourth-order valence-electron chi connectivity index (χ4n) is 2.99. The monoisotopic (exact) mass is 239 g/mol. The number of carbonyl (C=O) groups is 1. The van der Waals surface area contributed by atoms with Gasteiger partial charge in [-0.05, 0) is 32.6 Å². The molecule has 2 aliphatic rings. The molecule has 0 saturated carbocycles. The Hall–Kier alpha value is -0.610. The fraction of sp³-hybridized carbons (Fsp3) is 0.923. The molecule has 0 aliphatic carbocycles. The highest BCUT2D eigenvalue weighted by molar-refractivity contribution is 5.73. The number of nitrogens with one attached hydrogen (secondary N) is 2. The van der Waals surface area contributed by atoms with Gasteiger partial charge < -0.3 is 10.6 Å². The largest absolute Gasteiger partial charge is 0.354 e. The Kier molecular flexibility index (Phi) is 4.40. The summed E-state index contributed by atoms with van der Waals surface area (Å²) in [4.78, 5) is 13.6. The molecular formula is C13H25N3O. The van der Waals surface area contributed by atoms with Crippen molar-refractivity contribution < 1.29 is 4.79 Å². The van der Waals surface area contributed by atoms with E-state index in [9.17, 15) is 4.79 Å². The first-order valence-electron chi connectivity index (χ1n) is 6.89. The van der Waals surface area contributed by atoms with Crippen LogP contribution < -0.4 is 10.6 Å². The summed E-state index contributed by atoms with van der Waals surface area (Å²) in [6.45, 7) is 7.27. The van der Waals surface area contributed by atoms with Crippen molar-refractivity contribution in [1.82, 2.24) is 15.5 Å². The van der Waals surface area contributed by atoms with E-state index in [1.165, 1.54) is 12.8 Å². The van der Waals surface area contributed by atoms with Gasteiger partial charge in [0.2, 0.25) is 5.91 Å². The Morgan fingerprint density at radius 3 is 2.47 bits per heavy atom. The summed E-state index contributed by atoms with van der Waals surface area (Å²) >= 11 is 0. The molecule has 0 spiro atoms. The van der Waals surface area contributed by atoms with Gasteiger partial charge in [0.15, 0.2) is 0 Å². The van der Waals surface area contributed by atoms with Crippen LogP contribution in [0.3, 0.4) is 0 Å². The first-order valence-corrected chi connectivity index (χ1v) is 6.89. The van der Waals surface area contributed by atoms with Crippen LogP contribution in [0.5, 0.6) is 0 Å². The predicted octanol–water partition coefficient (Wildman–Crippen LogP) is 0.727. The minimum Gasteiger partial charge on any atom is -0.354 e. The first-order chi connectivity index (χ1) is 8.15. The number of rotatable bonds is 2. The van der Waals surface area contributed by atoms with Crippen LogP contribution >= 0.6 is 0 Å². The summed E-state index contributed by atoms with van der Waals surface area (Å²) < 4.78 is 0. The van der Waals surface area contributed by atoms with Gasteiger partial charge >= 0.3 is 0 Å². The lowest BCUT2D eigenvalue weighted by atomic mass is 9.97. The van der Waals surface area contributed by atoms with Gasteiger partial charge in [-0.3, -0.25) is 9.69 Å². The molecule has 2 unspecified atom stereocenters. The summed E-state index contributed by atoms with van der Waals surface area (Å²) in [5.41, 5.74) is 0. The van der Waals surface area contributed by atoms with Gasteiger partial charge in [0.05, 0.1) is 0 Å². The van der Waals surface area contributed by atoms with Crippen LogP contribution in [-0.2, 0) is 4.79 Å². The van der Waals surface area contributed by atoms with Crippen molar-refractivity contribution >= 4 is 5.91 Å². The molecule has 2 aliphatic heterocycles. The first kappa shape index (κ1) is 12.8. The summed E-state index contributed by atoms with van der Waals surface area (Å²) in [6.07, 6.45) is 4.81. The zero-order valence-corrected chi connectivity index (χ0v) is 11.0. The molecule has 4 heteroatoms. The van der Waals surface area contributed by atoms with E-state index in [0.717, 1.165) is 32.5 Å². The van der Waals surface area contributed by atoms with Crippen LogP contribution in [0.4, 0.5) is 0 Å². The van der Waals surface area contributed by atoms with E-state index in [-0.39, 0.29) is 5.91 Å². The van der Waals surface area contributed by atoms with Crippen LogP contribution in [0.25, 0.3) is 0 Å². The third-order valence-electron chi connectivity index (χ3n) is 4.09. The molecule has 0 aromatic heterocycles. The quantitative estimate of drug-likeness (QED) is 0.746. The topological polar surface area (TPSA) is 44.4 Å². The molecule has 2 atom stereocenters. The van der Waals surface area contributed by atoms with Crippen molar-refractivity contribution in [2.45, 2.75) is 57.7 Å². The van der Waals surface area contributed by atoms with Crippen LogP contribution in [0.15, 0.2) is 0 Å². The number of amides is 1. The van der Waals surface area contributed by atoms with Gasteiger partial charge in [0, 0.05) is 44.7 Å². The minimum absolute atomic E-state index is 0.108. The molecule has 2 heterocycles. The van der Waals surface area contributed by atoms with Gasteiger partial charge in [0.1, 0.15) is 0 Å². The third-order valence-corrected chi connectivity index (χ3v) is 4.09. The van der Waals surface area contributed by atoms with E-state index in [0.29, 0.717) is 18.1 Å². The molecule has 4 nitrogen and oxygen atoms in total. The number of likely N-dealkylation sites (tertiary alicyclic amines) is 1. The molecule has 2 N–H and O–H groups in total. The third kappa shape index (κ3) is 3.68. The summed E-state index contributed by atoms with van der Waals surface area (Å²) in [7, 11) is 0. The molecule has 0 bridgehead atoms. The number of carbonyl (C=O) groups excluding carboxylic acids is 1. The number of nitrogens with zero attached hydrogens (tertiary/aromatic N) is 1. The highest BCUT2D eigenvalue weighted by Crippen LogP contribution is 2.19. The second-order valence-corrected chi connectivity index (χ2v) is 5.55. The van der Waals surface area contributed by atoms with Crippen molar-refractivity contribution in [2.75, 3.05) is 19.6 Å². The normalized spacial score (nSPS) is 32.4. The fourth-order valence-corrected chi connectivity index (χ4v) is 2.99. The van der Waals surface area contributed by atoms with Gasteiger partial charge in [0.25, 0.3) is 0 Å². The molecule has 0 aromatic carbocycles. The second kappa shape index (κ2) is 5.83. The minimum atomic E-state index is 0.108. The smallest absolute Gasteiger partial charge is 0.217 e. The van der Waals surface area contributed by atoms with Crippen molar-refractivity contribution in [3.05, 3.63) is 0 Å². The van der Waals surface area contributed by atoms with Gasteiger partial charge in [-0.2, -0.15) is 0 Å². The zero-order valence-electron chi connectivity index (χ0n) is 11.0. The van der Waals surface area contributed by atoms with Gasteiger partial charge in [-0.1, -0.05) is 0 Å². The molecule has 2 rings (SSSR count). The lowest BCUT2D eigenvalue weighted by Gasteiger charge is -2.40.